The second kappa shape index (κ2) is 4.79. The van der Waals surface area contributed by atoms with Crippen LogP contribution in [0.2, 0.25) is 0 Å². The van der Waals surface area contributed by atoms with Gasteiger partial charge in [-0.1, -0.05) is 13.8 Å². The molecule has 2 unspecified atom stereocenters. The summed E-state index contributed by atoms with van der Waals surface area (Å²) >= 11 is 0. The molecular weight excluding hydrogens is 174 g/mol. The predicted octanol–water partition coefficient (Wildman–Crippen LogP) is 2.99. The van der Waals surface area contributed by atoms with Crippen LogP contribution in [0.3, 0.4) is 0 Å². The van der Waals surface area contributed by atoms with Crippen LogP contribution in [0.15, 0.2) is 0 Å². The first kappa shape index (κ1) is 11.5. The summed E-state index contributed by atoms with van der Waals surface area (Å²) in [4.78, 5) is 0. The van der Waals surface area contributed by atoms with Crippen LogP contribution in [0.4, 0.5) is 0 Å². The van der Waals surface area contributed by atoms with Gasteiger partial charge in [-0.2, -0.15) is 5.26 Å². The third-order valence-corrected chi connectivity index (χ3v) is 3.31. The van der Waals surface area contributed by atoms with Crippen molar-refractivity contribution in [2.24, 2.45) is 17.3 Å². The minimum Gasteiger partial charge on any atom is -0.385 e. The highest BCUT2D eigenvalue weighted by Gasteiger charge is 2.37. The lowest BCUT2D eigenvalue weighted by atomic mass is 9.66. The fraction of sp³-hybridized carbons (Fsp3) is 0.917. The van der Waals surface area contributed by atoms with Gasteiger partial charge in [-0.25, -0.2) is 0 Å². The smallest absolute Gasteiger partial charge is 0.0690 e. The Labute approximate surface area is 87.3 Å². The molecule has 1 saturated carbocycles. The summed E-state index contributed by atoms with van der Waals surface area (Å²) in [6, 6.07) is 2.53. The minimum atomic E-state index is -0.104. The highest BCUT2D eigenvalue weighted by Crippen LogP contribution is 2.44. The monoisotopic (exact) mass is 195 g/mol. The Kier molecular flexibility index (Phi) is 3.95. The van der Waals surface area contributed by atoms with Crippen molar-refractivity contribution in [1.82, 2.24) is 0 Å². The quantitative estimate of drug-likeness (QED) is 0.693. The minimum absolute atomic E-state index is 0.104. The van der Waals surface area contributed by atoms with Crippen LogP contribution in [0.5, 0.6) is 0 Å². The molecule has 0 aromatic carbocycles. The second-order valence-corrected chi connectivity index (χ2v) is 4.99. The standard InChI is InChI=1S/C12H21NO/c1-10-6-11(2)8-12(7-10,9-13)4-5-14-3/h10-11H,4-8H2,1-3H3. The van der Waals surface area contributed by atoms with Gasteiger partial charge in [0.15, 0.2) is 0 Å². The molecule has 0 radical (unpaired) electrons. The van der Waals surface area contributed by atoms with Gasteiger partial charge in [0.2, 0.25) is 0 Å². The summed E-state index contributed by atoms with van der Waals surface area (Å²) in [6.07, 6.45) is 4.28. The Hall–Kier alpha value is -0.550. The SMILES string of the molecule is COCCC1(C#N)CC(C)CC(C)C1. The molecular formula is C12H21NO. The average Bonchev–Trinajstić information content (AvgIpc) is 2.13. The Balaban J connectivity index is 2.63. The molecule has 80 valence electrons. The van der Waals surface area contributed by atoms with Gasteiger partial charge in [-0.15, -0.1) is 0 Å². The molecule has 0 aromatic rings. The van der Waals surface area contributed by atoms with E-state index in [1.165, 1.54) is 6.42 Å². The summed E-state index contributed by atoms with van der Waals surface area (Å²) in [5.41, 5.74) is -0.104. The summed E-state index contributed by atoms with van der Waals surface area (Å²) in [5.74, 6) is 1.38. The molecule has 1 fully saturated rings. The molecule has 0 bridgehead atoms. The van der Waals surface area contributed by atoms with E-state index < -0.39 is 0 Å². The largest absolute Gasteiger partial charge is 0.385 e. The van der Waals surface area contributed by atoms with Crippen LogP contribution in [0.1, 0.15) is 39.5 Å². The number of rotatable bonds is 3. The molecule has 0 spiro atoms. The maximum absolute atomic E-state index is 9.30. The Bertz CT molecular complexity index is 209. The zero-order chi connectivity index (χ0) is 10.6. The lowest BCUT2D eigenvalue weighted by Crippen LogP contribution is -2.31. The first-order valence-corrected chi connectivity index (χ1v) is 5.52. The van der Waals surface area contributed by atoms with Crippen LogP contribution < -0.4 is 0 Å². The summed E-state index contributed by atoms with van der Waals surface area (Å²) in [7, 11) is 1.71. The van der Waals surface area contributed by atoms with Crippen LogP contribution >= 0.6 is 0 Å². The topological polar surface area (TPSA) is 33.0 Å². The molecule has 0 amide bonds. The lowest BCUT2D eigenvalue weighted by Gasteiger charge is -2.37. The van der Waals surface area contributed by atoms with Gasteiger partial charge in [0.25, 0.3) is 0 Å². The normalized spacial score (nSPS) is 37.9. The first-order valence-electron chi connectivity index (χ1n) is 5.52. The van der Waals surface area contributed by atoms with E-state index in [0.29, 0.717) is 18.4 Å². The van der Waals surface area contributed by atoms with Gasteiger partial charge in [-0.05, 0) is 37.5 Å². The fourth-order valence-electron chi connectivity index (χ4n) is 2.92. The Morgan fingerprint density at radius 2 is 1.93 bits per heavy atom. The van der Waals surface area contributed by atoms with Gasteiger partial charge in [0, 0.05) is 13.7 Å². The summed E-state index contributed by atoms with van der Waals surface area (Å²) in [5, 5.41) is 9.30. The molecule has 1 aliphatic rings. The van der Waals surface area contributed by atoms with Gasteiger partial charge >= 0.3 is 0 Å². The predicted molar refractivity (Wildman–Crippen MR) is 56.7 cm³/mol. The molecule has 14 heavy (non-hydrogen) atoms. The molecule has 2 atom stereocenters. The highest BCUT2D eigenvalue weighted by molar-refractivity contribution is 5.02. The fourth-order valence-corrected chi connectivity index (χ4v) is 2.92. The average molecular weight is 195 g/mol. The van der Waals surface area contributed by atoms with Gasteiger partial charge in [0.05, 0.1) is 11.5 Å². The third-order valence-electron chi connectivity index (χ3n) is 3.31. The van der Waals surface area contributed by atoms with Crippen LogP contribution in [0.25, 0.3) is 0 Å². The molecule has 0 aromatic heterocycles. The summed E-state index contributed by atoms with van der Waals surface area (Å²) < 4.78 is 5.09. The van der Waals surface area contributed by atoms with Gasteiger partial charge in [-0.3, -0.25) is 0 Å². The van der Waals surface area contributed by atoms with E-state index in [4.69, 9.17) is 4.74 Å². The zero-order valence-corrected chi connectivity index (χ0v) is 9.55. The maximum atomic E-state index is 9.30. The molecule has 1 aliphatic carbocycles. The number of nitriles is 1. The molecule has 1 rings (SSSR count). The second-order valence-electron chi connectivity index (χ2n) is 4.99. The Morgan fingerprint density at radius 1 is 1.36 bits per heavy atom. The van der Waals surface area contributed by atoms with E-state index in [2.05, 4.69) is 19.9 Å². The first-order chi connectivity index (χ1) is 6.62. The third kappa shape index (κ3) is 2.72. The molecule has 0 heterocycles. The lowest BCUT2D eigenvalue weighted by molar-refractivity contribution is 0.100. The van der Waals surface area contributed by atoms with E-state index in [1.54, 1.807) is 7.11 Å². The van der Waals surface area contributed by atoms with Gasteiger partial charge in [0.1, 0.15) is 0 Å². The van der Waals surface area contributed by atoms with Gasteiger partial charge < -0.3 is 4.74 Å². The van der Waals surface area contributed by atoms with E-state index >= 15 is 0 Å². The van der Waals surface area contributed by atoms with E-state index in [9.17, 15) is 5.26 Å². The molecule has 2 heteroatoms. The number of ether oxygens (including phenoxy) is 1. The van der Waals surface area contributed by atoms with Crippen molar-refractivity contribution < 1.29 is 4.74 Å². The van der Waals surface area contributed by atoms with Crippen molar-refractivity contribution in [3.05, 3.63) is 0 Å². The number of hydrogen-bond acceptors (Lipinski definition) is 2. The molecule has 2 nitrogen and oxygen atoms in total. The van der Waals surface area contributed by atoms with Crippen LogP contribution in [-0.4, -0.2) is 13.7 Å². The van der Waals surface area contributed by atoms with E-state index in [-0.39, 0.29) is 5.41 Å². The van der Waals surface area contributed by atoms with Crippen molar-refractivity contribution in [1.29, 1.82) is 5.26 Å². The highest BCUT2D eigenvalue weighted by atomic mass is 16.5. The van der Waals surface area contributed by atoms with Crippen LogP contribution in [0, 0.1) is 28.6 Å². The molecule has 0 N–H and O–H groups in total. The van der Waals surface area contributed by atoms with Crippen LogP contribution in [-0.2, 0) is 4.74 Å². The summed E-state index contributed by atoms with van der Waals surface area (Å²) in [6.45, 7) is 5.23. The molecule has 0 saturated heterocycles. The van der Waals surface area contributed by atoms with Crippen molar-refractivity contribution >= 4 is 0 Å². The number of methoxy groups -OCH3 is 1. The maximum Gasteiger partial charge on any atom is 0.0690 e. The van der Waals surface area contributed by atoms with Crippen molar-refractivity contribution in [3.63, 3.8) is 0 Å². The number of hydrogen-bond donors (Lipinski definition) is 0. The van der Waals surface area contributed by atoms with E-state index in [0.717, 1.165) is 19.3 Å². The van der Waals surface area contributed by atoms with E-state index in [1.807, 2.05) is 0 Å². The van der Waals surface area contributed by atoms with Crippen molar-refractivity contribution in [3.8, 4) is 6.07 Å². The zero-order valence-electron chi connectivity index (χ0n) is 9.55. The number of nitrogens with zero attached hydrogens (tertiary/aromatic N) is 1. The molecule has 0 aliphatic heterocycles. The Morgan fingerprint density at radius 3 is 2.36 bits per heavy atom. The van der Waals surface area contributed by atoms with Crippen molar-refractivity contribution in [2.45, 2.75) is 39.5 Å². The van der Waals surface area contributed by atoms with Crippen molar-refractivity contribution in [2.75, 3.05) is 13.7 Å².